The van der Waals surface area contributed by atoms with Gasteiger partial charge < -0.3 is 13.4 Å². The average molecular weight is 710 g/mol. The molecule has 0 N–H and O–H groups in total. The molecule has 4 heterocycles. The first-order valence-electron chi connectivity index (χ1n) is 21.0. The van der Waals surface area contributed by atoms with Gasteiger partial charge in [-0.05, 0) is 70.4 Å². The van der Waals surface area contributed by atoms with E-state index in [2.05, 4.69) is 12.1 Å². The van der Waals surface area contributed by atoms with Crippen molar-refractivity contribution in [2.24, 2.45) is 0 Å². The van der Waals surface area contributed by atoms with Crippen LogP contribution >= 0.6 is 0 Å². The largest absolute Gasteiger partial charge is 0.456 e. The lowest BCUT2D eigenvalue weighted by atomic mass is 9.98. The molecule has 5 heteroatoms. The van der Waals surface area contributed by atoms with Gasteiger partial charge in [-0.3, -0.25) is 0 Å². The Labute approximate surface area is 322 Å². The molecule has 0 atom stereocenters. The van der Waals surface area contributed by atoms with Crippen molar-refractivity contribution in [1.29, 1.82) is 0 Å². The highest BCUT2D eigenvalue weighted by molar-refractivity contribution is 6.15. The maximum absolute atomic E-state index is 9.66. The molecule has 0 aliphatic heterocycles. The van der Waals surface area contributed by atoms with Gasteiger partial charge in [-0.2, -0.15) is 0 Å². The van der Waals surface area contributed by atoms with Crippen LogP contribution in [0.4, 0.5) is 0 Å². The van der Waals surface area contributed by atoms with Crippen LogP contribution < -0.4 is 0 Å². The fourth-order valence-corrected chi connectivity index (χ4v) is 7.96. The molecule has 5 nitrogen and oxygen atoms in total. The molecule has 12 rings (SSSR count). The summed E-state index contributed by atoms with van der Waals surface area (Å²) in [4.78, 5) is 9.98. The number of aromatic nitrogens is 3. The second-order valence-electron chi connectivity index (χ2n) is 13.7. The number of fused-ring (bicyclic) bond motifs is 10. The summed E-state index contributed by atoms with van der Waals surface area (Å²) in [6, 6.07) is 43.4. The summed E-state index contributed by atoms with van der Waals surface area (Å²) in [5, 5.41) is 5.19. The molecular weight excluding hydrogens is 675 g/mol. The van der Waals surface area contributed by atoms with Crippen molar-refractivity contribution < 1.29 is 17.1 Å². The van der Waals surface area contributed by atoms with E-state index in [0.717, 1.165) is 43.5 Å². The molecule has 0 aliphatic carbocycles. The number of para-hydroxylation sites is 2. The molecule has 8 aromatic carbocycles. The molecule has 0 radical (unpaired) electrons. The zero-order valence-electron chi connectivity index (χ0n) is 34.9. The van der Waals surface area contributed by atoms with Gasteiger partial charge in [-0.1, -0.05) is 121 Å². The van der Waals surface area contributed by atoms with E-state index in [9.17, 15) is 5.48 Å². The van der Waals surface area contributed by atoms with Crippen molar-refractivity contribution in [2.75, 3.05) is 0 Å². The molecule has 55 heavy (non-hydrogen) atoms. The molecule has 0 amide bonds. The van der Waals surface area contributed by atoms with Crippen LogP contribution in [0.25, 0.3) is 116 Å². The van der Waals surface area contributed by atoms with Gasteiger partial charge in [0.15, 0.2) is 11.4 Å². The first-order valence-corrected chi connectivity index (χ1v) is 18.0. The zero-order chi connectivity index (χ0) is 41.3. The summed E-state index contributed by atoms with van der Waals surface area (Å²) in [7, 11) is 0. The van der Waals surface area contributed by atoms with Crippen molar-refractivity contribution in [3.8, 4) is 39.5 Å². The third-order valence-electron chi connectivity index (χ3n) is 10.5. The Morgan fingerprint density at radius 2 is 1.25 bits per heavy atom. The predicted molar refractivity (Wildman–Crippen MR) is 225 cm³/mol. The third kappa shape index (κ3) is 4.53. The van der Waals surface area contributed by atoms with Gasteiger partial charge in [0, 0.05) is 49.8 Å². The highest BCUT2D eigenvalue weighted by atomic mass is 16.3. The van der Waals surface area contributed by atoms with Gasteiger partial charge in [-0.15, -0.1) is 0 Å². The van der Waals surface area contributed by atoms with Crippen LogP contribution in [0.15, 0.2) is 185 Å². The van der Waals surface area contributed by atoms with Crippen LogP contribution in [-0.4, -0.2) is 14.5 Å². The SMILES string of the molecule is [2H]c1c([2H])c(-c2ccc(-c3nc(-c4ccccc4)c4oc5ccccc5c4n3)cc2)c2c(oc3c([2H])c(-n4c5ccccc5c5cc6ccccc6cc54)c([2H])c([2H])c32)c1[2H]. The van der Waals surface area contributed by atoms with Crippen molar-refractivity contribution in [2.45, 2.75) is 0 Å². The molecule has 0 spiro atoms. The highest BCUT2D eigenvalue weighted by Crippen LogP contribution is 2.41. The van der Waals surface area contributed by atoms with E-state index in [-0.39, 0.29) is 69.4 Å². The normalized spacial score (nSPS) is 13.5. The minimum atomic E-state index is -0.350. The Kier molecular flexibility index (Phi) is 5.16. The van der Waals surface area contributed by atoms with Crippen molar-refractivity contribution in [1.82, 2.24) is 14.5 Å². The highest BCUT2D eigenvalue weighted by Gasteiger charge is 2.20. The fourth-order valence-electron chi connectivity index (χ4n) is 7.96. The van der Waals surface area contributed by atoms with Gasteiger partial charge in [0.2, 0.25) is 0 Å². The van der Waals surface area contributed by atoms with Crippen LogP contribution in [0.1, 0.15) is 8.22 Å². The molecule has 0 bridgehead atoms. The van der Waals surface area contributed by atoms with Crippen LogP contribution in [0.5, 0.6) is 0 Å². The lowest BCUT2D eigenvalue weighted by Crippen LogP contribution is -1.94. The number of benzene rings is 8. The van der Waals surface area contributed by atoms with Crippen LogP contribution in [0.2, 0.25) is 0 Å². The Bertz CT molecular complexity index is 3840. The van der Waals surface area contributed by atoms with E-state index in [0.29, 0.717) is 39.3 Å². The van der Waals surface area contributed by atoms with Crippen LogP contribution in [0, 0.1) is 0 Å². The first kappa shape index (κ1) is 24.7. The van der Waals surface area contributed by atoms with E-state index in [1.165, 1.54) is 0 Å². The molecule has 0 fully saturated rings. The zero-order valence-corrected chi connectivity index (χ0v) is 28.9. The van der Waals surface area contributed by atoms with Crippen molar-refractivity contribution in [3.63, 3.8) is 0 Å². The van der Waals surface area contributed by atoms with E-state index in [1.807, 2.05) is 120 Å². The molecule has 4 aromatic heterocycles. The summed E-state index contributed by atoms with van der Waals surface area (Å²) in [5.74, 6) is 0.467. The van der Waals surface area contributed by atoms with Gasteiger partial charge >= 0.3 is 0 Å². The van der Waals surface area contributed by atoms with Gasteiger partial charge in [0.1, 0.15) is 28.0 Å². The average Bonchev–Trinajstić information content (AvgIpc) is 3.98. The summed E-state index contributed by atoms with van der Waals surface area (Å²) in [5.41, 5.74) is 6.71. The predicted octanol–water partition coefficient (Wildman–Crippen LogP) is 13.5. The first-order chi connectivity index (χ1) is 29.8. The summed E-state index contributed by atoms with van der Waals surface area (Å²) < 4.78 is 70.2. The lowest BCUT2D eigenvalue weighted by Gasteiger charge is -2.09. The second kappa shape index (κ2) is 11.5. The minimum Gasteiger partial charge on any atom is -0.456 e. The minimum absolute atomic E-state index is 0.0107. The molecule has 0 aliphatic rings. The Morgan fingerprint density at radius 3 is 2.13 bits per heavy atom. The maximum atomic E-state index is 9.66. The van der Waals surface area contributed by atoms with E-state index in [4.69, 9.17) is 21.5 Å². The van der Waals surface area contributed by atoms with E-state index < -0.39 is 0 Å². The van der Waals surface area contributed by atoms with Crippen molar-refractivity contribution in [3.05, 3.63) is 176 Å². The fraction of sp³-hybridized carbons (Fsp3) is 0. The Morgan fingerprint density at radius 1 is 0.509 bits per heavy atom. The quantitative estimate of drug-likeness (QED) is 0.183. The molecule has 0 unspecified atom stereocenters. The number of hydrogen-bond acceptors (Lipinski definition) is 4. The number of rotatable bonds is 4. The smallest absolute Gasteiger partial charge is 0.180 e. The number of nitrogens with zero attached hydrogens (tertiary/aromatic N) is 3. The Hall–Kier alpha value is -7.50. The Balaban J connectivity index is 1.07. The van der Waals surface area contributed by atoms with Gasteiger partial charge in [0.25, 0.3) is 0 Å². The summed E-state index contributed by atoms with van der Waals surface area (Å²) in [6.07, 6.45) is 0. The van der Waals surface area contributed by atoms with Crippen LogP contribution in [-0.2, 0) is 0 Å². The second-order valence-corrected chi connectivity index (χ2v) is 13.7. The molecule has 256 valence electrons. The number of hydrogen-bond donors (Lipinski definition) is 0. The van der Waals surface area contributed by atoms with E-state index in [1.54, 1.807) is 12.1 Å². The maximum Gasteiger partial charge on any atom is 0.180 e. The standard InChI is InChI=1S/C50H29N3O2/c1-2-11-31(12-3-1)47-49-48(39-16-7-9-19-43(39)55-49)52-50(51-47)32-23-21-30(22-24-32)36-17-10-20-44-46(36)38-26-25-35(29-45(38)54-44)53-41-18-8-6-15-37(41)40-27-33-13-4-5-14-34(33)28-42(40)53/h1-29H/i10D,17D,20D,25D,26D,29D. The van der Waals surface area contributed by atoms with Crippen LogP contribution in [0.3, 0.4) is 0 Å². The van der Waals surface area contributed by atoms with Crippen molar-refractivity contribution >= 4 is 76.6 Å². The monoisotopic (exact) mass is 709 g/mol. The summed E-state index contributed by atoms with van der Waals surface area (Å²) >= 11 is 0. The third-order valence-corrected chi connectivity index (χ3v) is 10.5. The topological polar surface area (TPSA) is 57.0 Å². The molecular formula is C50H29N3O2. The number of furan rings is 2. The van der Waals surface area contributed by atoms with E-state index >= 15 is 0 Å². The molecule has 12 aromatic rings. The molecule has 0 saturated heterocycles. The van der Waals surface area contributed by atoms with Gasteiger partial charge in [-0.25, -0.2) is 9.97 Å². The lowest BCUT2D eigenvalue weighted by molar-refractivity contribution is 0.667. The summed E-state index contributed by atoms with van der Waals surface area (Å²) in [6.45, 7) is 0. The molecule has 0 saturated carbocycles. The van der Waals surface area contributed by atoms with Gasteiger partial charge in [0.05, 0.1) is 19.3 Å².